The third-order valence-corrected chi connectivity index (χ3v) is 4.29. The molecule has 0 saturated heterocycles. The summed E-state index contributed by atoms with van der Waals surface area (Å²) < 4.78 is 0. The molecule has 3 heteroatoms. The van der Waals surface area contributed by atoms with E-state index in [9.17, 15) is 14.7 Å². The van der Waals surface area contributed by atoms with Crippen LogP contribution >= 0.6 is 0 Å². The first-order chi connectivity index (χ1) is 8.87. The van der Waals surface area contributed by atoms with Crippen LogP contribution in [0.3, 0.4) is 0 Å². The lowest BCUT2D eigenvalue weighted by Crippen LogP contribution is -2.59. The Balaban J connectivity index is 2.68. The zero-order valence-corrected chi connectivity index (χ0v) is 11.3. The lowest BCUT2D eigenvalue weighted by Gasteiger charge is -2.46. The van der Waals surface area contributed by atoms with Gasteiger partial charge in [0, 0.05) is 5.56 Å². The fraction of sp³-hybridized carbons (Fsp3) is 0.375. The highest BCUT2D eigenvalue weighted by Gasteiger charge is 2.57. The van der Waals surface area contributed by atoms with Gasteiger partial charge >= 0.3 is 0 Å². The minimum atomic E-state index is -1.69. The summed E-state index contributed by atoms with van der Waals surface area (Å²) in [5, 5.41) is 10.7. The van der Waals surface area contributed by atoms with Crippen molar-refractivity contribution in [2.75, 3.05) is 0 Å². The van der Waals surface area contributed by atoms with Crippen LogP contribution in [0.15, 0.2) is 36.9 Å². The van der Waals surface area contributed by atoms with Crippen LogP contribution in [0.1, 0.15) is 36.2 Å². The molecular formula is C16H18O3. The van der Waals surface area contributed by atoms with Gasteiger partial charge in [-0.2, -0.15) is 0 Å². The van der Waals surface area contributed by atoms with Crippen LogP contribution in [-0.4, -0.2) is 22.3 Å². The highest BCUT2D eigenvalue weighted by atomic mass is 16.3. The average molecular weight is 258 g/mol. The summed E-state index contributed by atoms with van der Waals surface area (Å²) in [5.74, 6) is -0.563. The van der Waals surface area contributed by atoms with Gasteiger partial charge in [-0.1, -0.05) is 30.3 Å². The number of benzene rings is 1. The molecule has 2 atom stereocenters. The van der Waals surface area contributed by atoms with Crippen molar-refractivity contribution in [2.24, 2.45) is 5.41 Å². The number of carbonyl (C=O) groups excluding carboxylic acids is 2. The molecule has 0 spiro atoms. The van der Waals surface area contributed by atoms with Gasteiger partial charge < -0.3 is 5.11 Å². The Morgan fingerprint density at radius 1 is 1.47 bits per heavy atom. The third kappa shape index (κ3) is 1.77. The summed E-state index contributed by atoms with van der Waals surface area (Å²) >= 11 is 0. The normalized spacial score (nSPS) is 29.7. The highest BCUT2D eigenvalue weighted by Crippen LogP contribution is 2.46. The Kier molecular flexibility index (Phi) is 3.19. The maximum atomic E-state index is 12.5. The van der Waals surface area contributed by atoms with Gasteiger partial charge in [-0.05, 0) is 32.3 Å². The van der Waals surface area contributed by atoms with Crippen LogP contribution in [-0.2, 0) is 11.2 Å². The molecule has 1 aromatic carbocycles. The van der Waals surface area contributed by atoms with Crippen molar-refractivity contribution < 1.29 is 14.7 Å². The van der Waals surface area contributed by atoms with Gasteiger partial charge in [0.2, 0.25) is 0 Å². The Morgan fingerprint density at radius 3 is 2.68 bits per heavy atom. The SMILES string of the molecule is C=CC[C@@]1(C(C)=O)Cc2ccccc2C(=O)[C@@]1(C)O. The van der Waals surface area contributed by atoms with Gasteiger partial charge in [0.15, 0.2) is 5.78 Å². The van der Waals surface area contributed by atoms with Gasteiger partial charge in [0.1, 0.15) is 11.4 Å². The molecule has 0 aromatic heterocycles. The predicted octanol–water partition coefficient (Wildman–Crippen LogP) is 2.33. The molecule has 100 valence electrons. The van der Waals surface area contributed by atoms with E-state index in [1.54, 1.807) is 18.2 Å². The van der Waals surface area contributed by atoms with Crippen LogP contribution < -0.4 is 0 Å². The van der Waals surface area contributed by atoms with E-state index in [0.29, 0.717) is 12.0 Å². The van der Waals surface area contributed by atoms with Gasteiger partial charge in [0.05, 0.1) is 5.41 Å². The number of Topliss-reactive ketones (excluding diaryl/α,β-unsaturated/α-hetero) is 2. The van der Waals surface area contributed by atoms with Crippen LogP contribution in [0.4, 0.5) is 0 Å². The molecule has 0 saturated carbocycles. The van der Waals surface area contributed by atoms with Gasteiger partial charge in [-0.25, -0.2) is 0 Å². The van der Waals surface area contributed by atoms with E-state index in [1.165, 1.54) is 13.8 Å². The number of ketones is 2. The van der Waals surface area contributed by atoms with Crippen molar-refractivity contribution in [2.45, 2.75) is 32.3 Å². The number of carbonyl (C=O) groups is 2. The van der Waals surface area contributed by atoms with Gasteiger partial charge in [0.25, 0.3) is 0 Å². The fourth-order valence-corrected chi connectivity index (χ4v) is 3.00. The number of hydrogen-bond donors (Lipinski definition) is 1. The summed E-state index contributed by atoms with van der Waals surface area (Å²) in [4.78, 5) is 24.6. The van der Waals surface area contributed by atoms with Gasteiger partial charge in [-0.15, -0.1) is 6.58 Å². The molecule has 0 aliphatic heterocycles. The first-order valence-corrected chi connectivity index (χ1v) is 6.34. The van der Waals surface area contributed by atoms with Crippen LogP contribution in [0.25, 0.3) is 0 Å². The van der Waals surface area contributed by atoms with E-state index >= 15 is 0 Å². The van der Waals surface area contributed by atoms with Crippen molar-refractivity contribution >= 4 is 11.6 Å². The lowest BCUT2D eigenvalue weighted by molar-refractivity contribution is -0.139. The van der Waals surface area contributed by atoms with Gasteiger partial charge in [-0.3, -0.25) is 9.59 Å². The van der Waals surface area contributed by atoms with Crippen LogP contribution in [0, 0.1) is 5.41 Å². The maximum Gasteiger partial charge on any atom is 0.195 e. The largest absolute Gasteiger partial charge is 0.381 e. The first kappa shape index (κ1) is 13.7. The monoisotopic (exact) mass is 258 g/mol. The van der Waals surface area contributed by atoms with E-state index in [4.69, 9.17) is 0 Å². The van der Waals surface area contributed by atoms with Crippen molar-refractivity contribution in [3.63, 3.8) is 0 Å². The standard InChI is InChI=1S/C16H18O3/c1-4-9-16(11(2)17)10-12-7-5-6-8-13(12)14(18)15(16,3)19/h4-8,19H,1,9-10H2,2-3H3/t15-,16+/m1/s1. The average Bonchev–Trinajstić information content (AvgIpc) is 2.36. The molecule has 1 aromatic rings. The molecule has 0 unspecified atom stereocenters. The molecule has 1 aliphatic rings. The summed E-state index contributed by atoms with van der Waals surface area (Å²) in [5.41, 5.74) is -1.48. The smallest absolute Gasteiger partial charge is 0.195 e. The van der Waals surface area contributed by atoms with Crippen molar-refractivity contribution in [1.29, 1.82) is 0 Å². The minimum Gasteiger partial charge on any atom is -0.381 e. The molecule has 2 rings (SSSR count). The van der Waals surface area contributed by atoms with Crippen LogP contribution in [0.5, 0.6) is 0 Å². The topological polar surface area (TPSA) is 54.4 Å². The lowest BCUT2D eigenvalue weighted by atomic mass is 9.58. The van der Waals surface area contributed by atoms with Crippen molar-refractivity contribution in [3.8, 4) is 0 Å². The van der Waals surface area contributed by atoms with E-state index in [-0.39, 0.29) is 18.0 Å². The van der Waals surface area contributed by atoms with Crippen molar-refractivity contribution in [1.82, 2.24) is 0 Å². The summed E-state index contributed by atoms with van der Waals surface area (Å²) in [6.45, 7) is 6.52. The molecule has 3 nitrogen and oxygen atoms in total. The van der Waals surface area contributed by atoms with Crippen LogP contribution in [0.2, 0.25) is 0 Å². The number of rotatable bonds is 3. The Hall–Kier alpha value is -1.74. The molecule has 1 aliphatic carbocycles. The second-order valence-electron chi connectivity index (χ2n) is 5.37. The third-order valence-electron chi connectivity index (χ3n) is 4.29. The number of aliphatic hydroxyl groups is 1. The Bertz CT molecular complexity index is 557. The Labute approximate surface area is 113 Å². The van der Waals surface area contributed by atoms with Crippen molar-refractivity contribution in [3.05, 3.63) is 48.0 Å². The minimum absolute atomic E-state index is 0.180. The molecule has 0 fully saturated rings. The van der Waals surface area contributed by atoms with E-state index in [2.05, 4.69) is 6.58 Å². The van der Waals surface area contributed by atoms with E-state index < -0.39 is 11.0 Å². The molecule has 0 radical (unpaired) electrons. The number of fused-ring (bicyclic) bond motifs is 1. The van der Waals surface area contributed by atoms with E-state index in [0.717, 1.165) is 5.56 Å². The molecular weight excluding hydrogens is 240 g/mol. The number of allylic oxidation sites excluding steroid dienone is 1. The molecule has 1 N–H and O–H groups in total. The molecule has 19 heavy (non-hydrogen) atoms. The first-order valence-electron chi connectivity index (χ1n) is 6.34. The summed E-state index contributed by atoms with van der Waals surface area (Å²) in [7, 11) is 0. The predicted molar refractivity (Wildman–Crippen MR) is 73.0 cm³/mol. The quantitative estimate of drug-likeness (QED) is 0.847. The number of hydrogen-bond acceptors (Lipinski definition) is 3. The van der Waals surface area contributed by atoms with E-state index in [1.807, 2.05) is 12.1 Å². The maximum absolute atomic E-state index is 12.5. The molecule has 0 bridgehead atoms. The second-order valence-corrected chi connectivity index (χ2v) is 5.37. The summed E-state index contributed by atoms with van der Waals surface area (Å²) in [6, 6.07) is 7.14. The highest BCUT2D eigenvalue weighted by molar-refractivity contribution is 6.09. The second kappa shape index (κ2) is 4.42. The summed E-state index contributed by atoms with van der Waals surface area (Å²) in [6.07, 6.45) is 2.25. The molecule has 0 amide bonds. The zero-order valence-electron chi connectivity index (χ0n) is 11.3. The fourth-order valence-electron chi connectivity index (χ4n) is 3.00. The zero-order chi connectivity index (χ0) is 14.3. The molecule has 0 heterocycles. The Morgan fingerprint density at radius 2 is 2.11 bits per heavy atom.